The van der Waals surface area contributed by atoms with Gasteiger partial charge in [0, 0.05) is 18.0 Å². The molecule has 0 radical (unpaired) electrons. The Bertz CT molecular complexity index is 1240. The van der Waals surface area contributed by atoms with Gasteiger partial charge in [-0.1, -0.05) is 30.0 Å². The van der Waals surface area contributed by atoms with Crippen molar-refractivity contribution in [1.29, 1.82) is 0 Å². The second-order valence-corrected chi connectivity index (χ2v) is 8.39. The minimum absolute atomic E-state index is 0.0937. The summed E-state index contributed by atoms with van der Waals surface area (Å²) in [7, 11) is 0. The number of pyridine rings is 1. The van der Waals surface area contributed by atoms with E-state index in [0.717, 1.165) is 16.8 Å². The standard InChI is InChI=1S/C21H18N6O2S2/c1-13-4-2-3-5-16(13)27-19(14-6-9-23-10-7-14)25-26-21(27)31-12-17(28)24-20-15(18(22)29)8-11-30-20/h2-11H,12H2,1H3,(H2,22,29)(H,24,28). The summed E-state index contributed by atoms with van der Waals surface area (Å²) in [4.78, 5) is 28.0. The molecule has 156 valence electrons. The number of primary amides is 1. The second-order valence-electron chi connectivity index (χ2n) is 6.53. The molecule has 3 aromatic heterocycles. The molecule has 0 spiro atoms. The summed E-state index contributed by atoms with van der Waals surface area (Å²) in [6.07, 6.45) is 3.40. The molecular weight excluding hydrogens is 432 g/mol. The zero-order chi connectivity index (χ0) is 21.8. The molecule has 0 unspecified atom stereocenters. The Morgan fingerprint density at radius 1 is 1.13 bits per heavy atom. The summed E-state index contributed by atoms with van der Waals surface area (Å²) < 4.78 is 1.93. The molecule has 0 atom stereocenters. The predicted molar refractivity (Wildman–Crippen MR) is 122 cm³/mol. The summed E-state index contributed by atoms with van der Waals surface area (Å²) in [6.45, 7) is 2.01. The highest BCUT2D eigenvalue weighted by Crippen LogP contribution is 2.29. The molecule has 0 fully saturated rings. The van der Waals surface area contributed by atoms with Gasteiger partial charge in [0.25, 0.3) is 5.91 Å². The average molecular weight is 451 g/mol. The molecule has 4 aromatic rings. The molecule has 10 heteroatoms. The van der Waals surface area contributed by atoms with Crippen molar-refractivity contribution >= 4 is 39.9 Å². The van der Waals surface area contributed by atoms with Gasteiger partial charge in [0.05, 0.1) is 17.0 Å². The third kappa shape index (κ3) is 4.49. The van der Waals surface area contributed by atoms with Gasteiger partial charge in [-0.2, -0.15) is 0 Å². The number of carbonyl (C=O) groups excluding carboxylic acids is 2. The monoisotopic (exact) mass is 450 g/mol. The van der Waals surface area contributed by atoms with E-state index in [2.05, 4.69) is 20.5 Å². The molecule has 0 saturated carbocycles. The molecule has 3 heterocycles. The van der Waals surface area contributed by atoms with Gasteiger partial charge < -0.3 is 11.1 Å². The Hall–Kier alpha value is -3.50. The summed E-state index contributed by atoms with van der Waals surface area (Å²) in [5, 5.41) is 14.2. The highest BCUT2D eigenvalue weighted by atomic mass is 32.2. The van der Waals surface area contributed by atoms with Crippen LogP contribution in [0, 0.1) is 6.92 Å². The van der Waals surface area contributed by atoms with Gasteiger partial charge in [-0.25, -0.2) is 0 Å². The first-order chi connectivity index (χ1) is 15.0. The van der Waals surface area contributed by atoms with E-state index in [-0.39, 0.29) is 11.7 Å². The van der Waals surface area contributed by atoms with Gasteiger partial charge in [0.15, 0.2) is 11.0 Å². The first-order valence-corrected chi connectivity index (χ1v) is 11.1. The van der Waals surface area contributed by atoms with Crippen molar-refractivity contribution in [2.24, 2.45) is 5.73 Å². The van der Waals surface area contributed by atoms with Crippen LogP contribution < -0.4 is 11.1 Å². The van der Waals surface area contributed by atoms with Crippen LogP contribution in [-0.4, -0.2) is 37.3 Å². The molecule has 8 nitrogen and oxygen atoms in total. The maximum Gasteiger partial charge on any atom is 0.251 e. The molecule has 3 N–H and O–H groups in total. The first kappa shape index (κ1) is 20.8. The quantitative estimate of drug-likeness (QED) is 0.416. The van der Waals surface area contributed by atoms with E-state index in [9.17, 15) is 9.59 Å². The number of nitrogens with two attached hydrogens (primary N) is 1. The third-order valence-corrected chi connectivity index (χ3v) is 6.20. The van der Waals surface area contributed by atoms with Crippen LogP contribution in [-0.2, 0) is 4.79 Å². The Morgan fingerprint density at radius 2 is 1.90 bits per heavy atom. The van der Waals surface area contributed by atoms with Crippen LogP contribution >= 0.6 is 23.1 Å². The van der Waals surface area contributed by atoms with Crippen molar-refractivity contribution in [1.82, 2.24) is 19.7 Å². The number of aryl methyl sites for hydroxylation is 1. The fourth-order valence-corrected chi connectivity index (χ4v) is 4.53. The SMILES string of the molecule is Cc1ccccc1-n1c(SCC(=O)Nc2sccc2C(N)=O)nnc1-c1ccncc1. The first-order valence-electron chi connectivity index (χ1n) is 9.26. The number of hydrogen-bond donors (Lipinski definition) is 2. The Kier molecular flexibility index (Phi) is 6.10. The van der Waals surface area contributed by atoms with Gasteiger partial charge in [-0.05, 0) is 42.1 Å². The van der Waals surface area contributed by atoms with E-state index in [0.29, 0.717) is 21.5 Å². The lowest BCUT2D eigenvalue weighted by atomic mass is 10.2. The van der Waals surface area contributed by atoms with Crippen LogP contribution in [0.15, 0.2) is 65.4 Å². The smallest absolute Gasteiger partial charge is 0.251 e. The highest BCUT2D eigenvalue weighted by molar-refractivity contribution is 7.99. The molecule has 4 rings (SSSR count). The number of thiophene rings is 1. The van der Waals surface area contributed by atoms with Crippen LogP contribution in [0.4, 0.5) is 5.00 Å². The molecule has 0 saturated heterocycles. The zero-order valence-corrected chi connectivity index (χ0v) is 18.1. The van der Waals surface area contributed by atoms with E-state index < -0.39 is 5.91 Å². The molecule has 0 aliphatic heterocycles. The molecule has 31 heavy (non-hydrogen) atoms. The van der Waals surface area contributed by atoms with E-state index in [1.807, 2.05) is 47.9 Å². The minimum Gasteiger partial charge on any atom is -0.366 e. The van der Waals surface area contributed by atoms with Crippen LogP contribution in [0.3, 0.4) is 0 Å². The number of hydrogen-bond acceptors (Lipinski definition) is 7. The number of nitrogens with zero attached hydrogens (tertiary/aromatic N) is 4. The summed E-state index contributed by atoms with van der Waals surface area (Å²) in [6, 6.07) is 13.2. The maximum absolute atomic E-state index is 12.5. The van der Waals surface area contributed by atoms with E-state index in [4.69, 9.17) is 5.73 Å². The molecule has 2 amide bonds. The lowest BCUT2D eigenvalue weighted by molar-refractivity contribution is -0.113. The van der Waals surface area contributed by atoms with Crippen LogP contribution in [0.1, 0.15) is 15.9 Å². The molecule has 0 aliphatic rings. The van der Waals surface area contributed by atoms with Crippen molar-refractivity contribution < 1.29 is 9.59 Å². The topological polar surface area (TPSA) is 116 Å². The van der Waals surface area contributed by atoms with Gasteiger partial charge in [-0.3, -0.25) is 19.1 Å². The summed E-state index contributed by atoms with van der Waals surface area (Å²) in [5.74, 6) is -0.0877. The van der Waals surface area contributed by atoms with E-state index in [1.165, 1.54) is 23.1 Å². The maximum atomic E-state index is 12.5. The van der Waals surface area contributed by atoms with Crippen LogP contribution in [0.25, 0.3) is 17.1 Å². The van der Waals surface area contributed by atoms with Crippen molar-refractivity contribution in [2.45, 2.75) is 12.1 Å². The Labute approximate surface area is 186 Å². The van der Waals surface area contributed by atoms with Crippen molar-refractivity contribution in [3.63, 3.8) is 0 Å². The lowest BCUT2D eigenvalue weighted by Gasteiger charge is -2.12. The minimum atomic E-state index is -0.578. The van der Waals surface area contributed by atoms with Crippen molar-refractivity contribution in [3.8, 4) is 17.1 Å². The number of aromatic nitrogens is 4. The number of para-hydroxylation sites is 1. The van der Waals surface area contributed by atoms with Gasteiger partial charge >= 0.3 is 0 Å². The Balaban J connectivity index is 1.61. The van der Waals surface area contributed by atoms with E-state index >= 15 is 0 Å². The number of thioether (sulfide) groups is 1. The number of anilines is 1. The molecular formula is C21H18N6O2S2. The number of benzene rings is 1. The average Bonchev–Trinajstić information content (AvgIpc) is 3.40. The number of nitrogens with one attached hydrogen (secondary N) is 1. The molecule has 1 aromatic carbocycles. The Morgan fingerprint density at radius 3 is 2.65 bits per heavy atom. The van der Waals surface area contributed by atoms with Gasteiger partial charge in [0.2, 0.25) is 5.91 Å². The summed E-state index contributed by atoms with van der Waals surface area (Å²) in [5.41, 5.74) is 8.48. The highest BCUT2D eigenvalue weighted by Gasteiger charge is 2.19. The largest absolute Gasteiger partial charge is 0.366 e. The normalized spacial score (nSPS) is 10.7. The molecule has 0 bridgehead atoms. The number of carbonyl (C=O) groups is 2. The number of rotatable bonds is 7. The third-order valence-electron chi connectivity index (χ3n) is 4.44. The van der Waals surface area contributed by atoms with Crippen molar-refractivity contribution in [2.75, 3.05) is 11.1 Å². The number of amides is 2. The lowest BCUT2D eigenvalue weighted by Crippen LogP contribution is -2.18. The van der Waals surface area contributed by atoms with Gasteiger partial charge in [-0.15, -0.1) is 21.5 Å². The van der Waals surface area contributed by atoms with Crippen molar-refractivity contribution in [3.05, 3.63) is 71.4 Å². The predicted octanol–water partition coefficient (Wildman–Crippen LogP) is 3.53. The van der Waals surface area contributed by atoms with E-state index in [1.54, 1.807) is 23.8 Å². The van der Waals surface area contributed by atoms with Gasteiger partial charge in [0.1, 0.15) is 5.00 Å². The van der Waals surface area contributed by atoms with Crippen LogP contribution in [0.5, 0.6) is 0 Å². The molecule has 0 aliphatic carbocycles. The van der Waals surface area contributed by atoms with Crippen LogP contribution in [0.2, 0.25) is 0 Å². The fourth-order valence-electron chi connectivity index (χ4n) is 2.98. The fraction of sp³-hybridized carbons (Fsp3) is 0.0952. The summed E-state index contributed by atoms with van der Waals surface area (Å²) >= 11 is 2.51. The second kappa shape index (κ2) is 9.11. The zero-order valence-electron chi connectivity index (χ0n) is 16.5.